The Kier molecular flexibility index (Phi) is 62.3. The second-order valence-corrected chi connectivity index (χ2v) is 21.3. The van der Waals surface area contributed by atoms with Crippen LogP contribution >= 0.6 is 0 Å². The number of carbonyl (C=O) groups excluding carboxylic acids is 3. The van der Waals surface area contributed by atoms with Crippen molar-refractivity contribution in [3.63, 3.8) is 0 Å². The molecular formula is C73H120O6. The molecule has 1 atom stereocenters. The van der Waals surface area contributed by atoms with E-state index in [1.807, 2.05) is 0 Å². The van der Waals surface area contributed by atoms with E-state index >= 15 is 0 Å². The molecule has 0 aliphatic carbocycles. The first kappa shape index (κ1) is 74.5. The fourth-order valence-corrected chi connectivity index (χ4v) is 8.76. The largest absolute Gasteiger partial charge is 0.462 e. The van der Waals surface area contributed by atoms with Crippen LogP contribution in [0.15, 0.2) is 134 Å². The van der Waals surface area contributed by atoms with Crippen LogP contribution in [0.2, 0.25) is 0 Å². The quantitative estimate of drug-likeness (QED) is 0.0261. The van der Waals surface area contributed by atoms with Gasteiger partial charge in [-0.1, -0.05) is 283 Å². The molecule has 448 valence electrons. The Morgan fingerprint density at radius 3 is 0.785 bits per heavy atom. The highest BCUT2D eigenvalue weighted by Gasteiger charge is 2.19. The molecular weight excluding hydrogens is 973 g/mol. The lowest BCUT2D eigenvalue weighted by Gasteiger charge is -2.18. The van der Waals surface area contributed by atoms with Gasteiger partial charge in [-0.15, -0.1) is 0 Å². The van der Waals surface area contributed by atoms with E-state index in [1.165, 1.54) is 109 Å². The van der Waals surface area contributed by atoms with Gasteiger partial charge in [0, 0.05) is 19.3 Å². The topological polar surface area (TPSA) is 78.9 Å². The molecule has 0 heterocycles. The lowest BCUT2D eigenvalue weighted by molar-refractivity contribution is -0.167. The molecule has 79 heavy (non-hydrogen) atoms. The molecule has 0 fully saturated rings. The monoisotopic (exact) mass is 1090 g/mol. The molecule has 0 aliphatic heterocycles. The van der Waals surface area contributed by atoms with Crippen LogP contribution in [0.4, 0.5) is 0 Å². The Bertz CT molecular complexity index is 1680. The lowest BCUT2D eigenvalue weighted by atomic mass is 10.0. The van der Waals surface area contributed by atoms with E-state index in [9.17, 15) is 14.4 Å². The Morgan fingerprint density at radius 2 is 0.494 bits per heavy atom. The number of esters is 3. The number of hydrogen-bond donors (Lipinski definition) is 0. The van der Waals surface area contributed by atoms with Gasteiger partial charge in [0.2, 0.25) is 0 Å². The predicted molar refractivity (Wildman–Crippen MR) is 343 cm³/mol. The highest BCUT2D eigenvalue weighted by molar-refractivity contribution is 5.71. The van der Waals surface area contributed by atoms with Gasteiger partial charge in [0.15, 0.2) is 6.10 Å². The van der Waals surface area contributed by atoms with Crippen LogP contribution in [0.25, 0.3) is 0 Å². The van der Waals surface area contributed by atoms with E-state index in [4.69, 9.17) is 14.2 Å². The van der Waals surface area contributed by atoms with Crippen molar-refractivity contribution in [3.05, 3.63) is 134 Å². The minimum Gasteiger partial charge on any atom is -0.462 e. The standard InChI is InChI=1S/C73H120O6/c1-4-7-10-13-15-17-19-21-23-25-27-29-31-33-34-35-36-37-38-40-41-43-45-47-49-51-53-55-57-60-63-66-72(75)78-69-70(68-77-71(74)65-62-59-12-9-6-3)79-73(76)67-64-61-58-56-54-52-50-48-46-44-42-39-32-30-28-26-24-22-20-18-16-14-11-8-5-2/h7,10,15,17,20-23,26-29,33-34,36-37,40-41,45,47,51,53,70H,4-6,8-9,11-14,16,18-19,24-25,30-32,35,38-39,42-44,46,48-50,52,54-69H2,1-3H3/b10-7-,17-15-,22-20-,23-21-,28-26-,29-27-,34-33-,37-36-,41-40-,47-45-,53-51-. The van der Waals surface area contributed by atoms with Crippen molar-refractivity contribution in [3.8, 4) is 0 Å². The molecule has 0 saturated heterocycles. The van der Waals surface area contributed by atoms with E-state index in [1.54, 1.807) is 0 Å². The van der Waals surface area contributed by atoms with Gasteiger partial charge in [0.1, 0.15) is 13.2 Å². The van der Waals surface area contributed by atoms with Crippen LogP contribution < -0.4 is 0 Å². The summed E-state index contributed by atoms with van der Waals surface area (Å²) in [6.45, 7) is 6.41. The fourth-order valence-electron chi connectivity index (χ4n) is 8.76. The van der Waals surface area contributed by atoms with E-state index in [2.05, 4.69) is 154 Å². The number of hydrogen-bond acceptors (Lipinski definition) is 6. The van der Waals surface area contributed by atoms with E-state index in [0.717, 1.165) is 141 Å². The maximum atomic E-state index is 12.8. The molecule has 1 unspecified atom stereocenters. The molecule has 0 aromatic heterocycles. The normalized spacial score (nSPS) is 13.0. The van der Waals surface area contributed by atoms with Gasteiger partial charge in [0.25, 0.3) is 0 Å². The van der Waals surface area contributed by atoms with Crippen LogP contribution in [-0.2, 0) is 28.6 Å². The number of unbranched alkanes of at least 4 members (excludes halogenated alkanes) is 25. The van der Waals surface area contributed by atoms with E-state index in [-0.39, 0.29) is 31.1 Å². The third kappa shape index (κ3) is 64.3. The van der Waals surface area contributed by atoms with Crippen molar-refractivity contribution in [2.75, 3.05) is 13.2 Å². The van der Waals surface area contributed by atoms with Gasteiger partial charge in [-0.25, -0.2) is 0 Å². The van der Waals surface area contributed by atoms with Gasteiger partial charge in [-0.2, -0.15) is 0 Å². The maximum absolute atomic E-state index is 12.8. The van der Waals surface area contributed by atoms with Crippen molar-refractivity contribution < 1.29 is 28.6 Å². The second kappa shape index (κ2) is 66.1. The second-order valence-electron chi connectivity index (χ2n) is 21.3. The summed E-state index contributed by atoms with van der Waals surface area (Å²) in [6, 6.07) is 0. The molecule has 0 amide bonds. The van der Waals surface area contributed by atoms with Crippen LogP contribution in [0.3, 0.4) is 0 Å². The molecule has 0 radical (unpaired) electrons. The number of carbonyl (C=O) groups is 3. The first-order chi connectivity index (χ1) is 39.0. The van der Waals surface area contributed by atoms with Crippen molar-refractivity contribution in [2.45, 2.75) is 297 Å². The summed E-state index contributed by atoms with van der Waals surface area (Å²) >= 11 is 0. The zero-order chi connectivity index (χ0) is 57.1. The van der Waals surface area contributed by atoms with Gasteiger partial charge in [-0.3, -0.25) is 14.4 Å². The van der Waals surface area contributed by atoms with Gasteiger partial charge in [-0.05, 0) is 122 Å². The molecule has 0 spiro atoms. The minimum absolute atomic E-state index is 0.0919. The Hall–Kier alpha value is -4.45. The molecule has 0 aromatic rings. The average Bonchev–Trinajstić information content (AvgIpc) is 3.45. The molecule has 0 aromatic carbocycles. The first-order valence-electron chi connectivity index (χ1n) is 32.7. The molecule has 6 heteroatoms. The summed E-state index contributed by atoms with van der Waals surface area (Å²) in [5.41, 5.74) is 0. The summed E-state index contributed by atoms with van der Waals surface area (Å²) in [6.07, 6.45) is 93.7. The number of rotatable bonds is 58. The fraction of sp³-hybridized carbons (Fsp3) is 0.658. The highest BCUT2D eigenvalue weighted by Crippen LogP contribution is 2.15. The summed E-state index contributed by atoms with van der Waals surface area (Å²) in [4.78, 5) is 37.9. The molecule has 0 rings (SSSR count). The zero-order valence-corrected chi connectivity index (χ0v) is 51.3. The molecule has 6 nitrogen and oxygen atoms in total. The van der Waals surface area contributed by atoms with Crippen LogP contribution in [-0.4, -0.2) is 37.2 Å². The van der Waals surface area contributed by atoms with Gasteiger partial charge < -0.3 is 14.2 Å². The Labute approximate surface area is 487 Å². The number of ether oxygens (including phenoxy) is 3. The summed E-state index contributed by atoms with van der Waals surface area (Å²) in [5.74, 6) is -0.939. The zero-order valence-electron chi connectivity index (χ0n) is 51.3. The number of allylic oxidation sites excluding steroid dienone is 22. The SMILES string of the molecule is CC/C=C\C/C=C\C/C=C\C/C=C\C/C=C\C/C=C\C/C=C\C/C=C\C/C=C\CCCCCC(=O)OCC(COC(=O)CCCCCCC)OC(=O)CCCCCCCCCCCCCCC/C=C\C/C=C\CCCCCCC. The van der Waals surface area contributed by atoms with Gasteiger partial charge >= 0.3 is 17.9 Å². The summed E-state index contributed by atoms with van der Waals surface area (Å²) in [5, 5.41) is 0. The molecule has 0 saturated carbocycles. The van der Waals surface area contributed by atoms with Crippen molar-refractivity contribution in [1.82, 2.24) is 0 Å². The van der Waals surface area contributed by atoms with E-state index in [0.29, 0.717) is 19.3 Å². The van der Waals surface area contributed by atoms with Crippen molar-refractivity contribution >= 4 is 17.9 Å². The van der Waals surface area contributed by atoms with E-state index < -0.39 is 6.10 Å². The summed E-state index contributed by atoms with van der Waals surface area (Å²) < 4.78 is 16.7. The summed E-state index contributed by atoms with van der Waals surface area (Å²) in [7, 11) is 0. The Balaban J connectivity index is 4.14. The van der Waals surface area contributed by atoms with Crippen LogP contribution in [0, 0.1) is 0 Å². The van der Waals surface area contributed by atoms with Crippen molar-refractivity contribution in [2.24, 2.45) is 0 Å². The third-order valence-electron chi connectivity index (χ3n) is 13.6. The smallest absolute Gasteiger partial charge is 0.306 e. The minimum atomic E-state index is -0.793. The molecule has 0 aliphatic rings. The average molecular weight is 1090 g/mol. The molecule has 0 bridgehead atoms. The molecule has 0 N–H and O–H groups in total. The van der Waals surface area contributed by atoms with Crippen molar-refractivity contribution in [1.29, 1.82) is 0 Å². The van der Waals surface area contributed by atoms with Gasteiger partial charge in [0.05, 0.1) is 0 Å². The maximum Gasteiger partial charge on any atom is 0.306 e. The highest BCUT2D eigenvalue weighted by atomic mass is 16.6. The lowest BCUT2D eigenvalue weighted by Crippen LogP contribution is -2.30. The predicted octanol–water partition coefficient (Wildman–Crippen LogP) is 22.5. The Morgan fingerprint density at radius 1 is 0.266 bits per heavy atom. The van der Waals surface area contributed by atoms with Crippen LogP contribution in [0.5, 0.6) is 0 Å². The first-order valence-corrected chi connectivity index (χ1v) is 32.7. The van der Waals surface area contributed by atoms with Crippen LogP contribution in [0.1, 0.15) is 290 Å². The third-order valence-corrected chi connectivity index (χ3v) is 13.6.